The number of nitrogens with zero attached hydrogens (tertiary/aromatic N) is 3. The van der Waals surface area contributed by atoms with E-state index in [0.29, 0.717) is 25.2 Å². The standard InChI is InChI=1S/C19H25F2N3O6S2/c20-19(21)30-17-3-1-16-14-18(4-2-15(16)13-17)31(25,26)22-5-7-23(8-6-22)32(27,28)24-9-11-29-12-10-24/h1,3,13-14,19H,2,4-12H2. The van der Waals surface area contributed by atoms with Crippen LogP contribution in [0.15, 0.2) is 23.1 Å². The van der Waals surface area contributed by atoms with E-state index in [9.17, 15) is 25.6 Å². The van der Waals surface area contributed by atoms with Gasteiger partial charge >= 0.3 is 6.61 Å². The van der Waals surface area contributed by atoms with Crippen LogP contribution in [0.3, 0.4) is 0 Å². The fourth-order valence-electron chi connectivity index (χ4n) is 4.07. The smallest absolute Gasteiger partial charge is 0.387 e. The third kappa shape index (κ3) is 4.82. The molecule has 0 aromatic heterocycles. The Balaban J connectivity index is 1.44. The van der Waals surface area contributed by atoms with E-state index < -0.39 is 26.8 Å². The molecule has 4 rings (SSSR count). The molecule has 2 heterocycles. The molecular formula is C19H25F2N3O6S2. The predicted octanol–water partition coefficient (Wildman–Crippen LogP) is 1.10. The maximum atomic E-state index is 13.2. The van der Waals surface area contributed by atoms with Crippen molar-refractivity contribution in [3.05, 3.63) is 34.2 Å². The summed E-state index contributed by atoms with van der Waals surface area (Å²) in [5, 5.41) is 0. The number of hydrogen-bond acceptors (Lipinski definition) is 6. The minimum Gasteiger partial charge on any atom is -0.435 e. The minimum absolute atomic E-state index is 0.0380. The van der Waals surface area contributed by atoms with Crippen LogP contribution < -0.4 is 4.74 Å². The molecule has 2 saturated heterocycles. The molecule has 0 bridgehead atoms. The summed E-state index contributed by atoms with van der Waals surface area (Å²) in [6.07, 6.45) is 2.17. The van der Waals surface area contributed by atoms with Gasteiger partial charge in [0.1, 0.15) is 5.75 Å². The van der Waals surface area contributed by atoms with E-state index in [2.05, 4.69) is 4.74 Å². The van der Waals surface area contributed by atoms with Crippen LogP contribution in [0.25, 0.3) is 6.08 Å². The molecule has 0 amide bonds. The highest BCUT2D eigenvalue weighted by atomic mass is 32.2. The van der Waals surface area contributed by atoms with Crippen LogP contribution in [0.1, 0.15) is 17.5 Å². The molecule has 2 aliphatic heterocycles. The van der Waals surface area contributed by atoms with Crippen molar-refractivity contribution in [2.75, 3.05) is 52.5 Å². The van der Waals surface area contributed by atoms with E-state index in [4.69, 9.17) is 4.74 Å². The van der Waals surface area contributed by atoms with Gasteiger partial charge in [0.25, 0.3) is 10.2 Å². The van der Waals surface area contributed by atoms with Crippen LogP contribution in [0.4, 0.5) is 8.78 Å². The van der Waals surface area contributed by atoms with Gasteiger partial charge in [0.15, 0.2) is 0 Å². The lowest BCUT2D eigenvalue weighted by molar-refractivity contribution is -0.0498. The third-order valence-electron chi connectivity index (χ3n) is 5.79. The Morgan fingerprint density at radius 2 is 1.50 bits per heavy atom. The van der Waals surface area contributed by atoms with Crippen molar-refractivity contribution < 1.29 is 35.1 Å². The van der Waals surface area contributed by atoms with Crippen molar-refractivity contribution in [1.29, 1.82) is 0 Å². The first-order valence-corrected chi connectivity index (χ1v) is 13.1. The number of piperazine rings is 1. The van der Waals surface area contributed by atoms with Crippen molar-refractivity contribution in [1.82, 2.24) is 12.9 Å². The molecule has 0 spiro atoms. The number of alkyl halides is 2. The summed E-state index contributed by atoms with van der Waals surface area (Å²) in [5.41, 5.74) is 1.38. The monoisotopic (exact) mass is 493 g/mol. The van der Waals surface area contributed by atoms with Gasteiger partial charge in [-0.3, -0.25) is 0 Å². The second-order valence-corrected chi connectivity index (χ2v) is 11.6. The Labute approximate surface area is 186 Å². The topological polar surface area (TPSA) is 96.5 Å². The van der Waals surface area contributed by atoms with Crippen LogP contribution in [-0.2, 0) is 31.4 Å². The Kier molecular flexibility index (Phi) is 6.84. The Hall–Kier alpha value is -1.64. The summed E-state index contributed by atoms with van der Waals surface area (Å²) in [6, 6.07) is 4.44. The summed E-state index contributed by atoms with van der Waals surface area (Å²) in [4.78, 5) is 0.233. The first-order valence-electron chi connectivity index (χ1n) is 10.3. The van der Waals surface area contributed by atoms with Gasteiger partial charge in [0, 0.05) is 39.3 Å². The Morgan fingerprint density at radius 3 is 2.16 bits per heavy atom. The average Bonchev–Trinajstić information content (AvgIpc) is 2.79. The number of hydrogen-bond donors (Lipinski definition) is 0. The van der Waals surface area contributed by atoms with Gasteiger partial charge in [-0.15, -0.1) is 0 Å². The first kappa shape index (κ1) is 23.5. The second kappa shape index (κ2) is 9.31. The molecule has 1 aliphatic carbocycles. The fraction of sp³-hybridized carbons (Fsp3) is 0.579. The molecular weight excluding hydrogens is 468 g/mol. The predicted molar refractivity (Wildman–Crippen MR) is 113 cm³/mol. The zero-order valence-corrected chi connectivity index (χ0v) is 19.0. The van der Waals surface area contributed by atoms with E-state index >= 15 is 0 Å². The molecule has 1 aromatic rings. The number of ether oxygens (including phenoxy) is 2. The Morgan fingerprint density at radius 1 is 0.875 bits per heavy atom. The van der Waals surface area contributed by atoms with E-state index in [0.717, 1.165) is 5.56 Å². The number of morpholine rings is 1. The van der Waals surface area contributed by atoms with Crippen LogP contribution in [0.5, 0.6) is 5.75 Å². The van der Waals surface area contributed by atoms with Crippen molar-refractivity contribution in [2.45, 2.75) is 19.5 Å². The number of sulfonamides is 1. The summed E-state index contributed by atoms with van der Waals surface area (Å²) >= 11 is 0. The molecule has 0 radical (unpaired) electrons. The van der Waals surface area contributed by atoms with Gasteiger partial charge in [0.05, 0.1) is 18.1 Å². The highest BCUT2D eigenvalue weighted by Gasteiger charge is 2.37. The van der Waals surface area contributed by atoms with E-state index in [1.807, 2.05) is 0 Å². The van der Waals surface area contributed by atoms with Crippen LogP contribution in [0, 0.1) is 0 Å². The molecule has 178 valence electrons. The first-order chi connectivity index (χ1) is 15.2. The summed E-state index contributed by atoms with van der Waals surface area (Å²) in [5.74, 6) is 0.0380. The lowest BCUT2D eigenvalue weighted by atomic mass is 9.97. The SMILES string of the molecule is O=S(=O)(C1=Cc2ccc(OC(F)F)cc2CC1)N1CCN(S(=O)(=O)N2CCOCC2)CC1. The van der Waals surface area contributed by atoms with E-state index in [1.165, 1.54) is 25.0 Å². The summed E-state index contributed by atoms with van der Waals surface area (Å²) < 4.78 is 90.3. The molecule has 1 aromatic carbocycles. The zero-order chi connectivity index (χ0) is 22.9. The zero-order valence-electron chi connectivity index (χ0n) is 17.3. The van der Waals surface area contributed by atoms with Gasteiger partial charge in [-0.2, -0.15) is 30.1 Å². The maximum absolute atomic E-state index is 13.2. The number of fused-ring (bicyclic) bond motifs is 1. The molecule has 13 heteroatoms. The summed E-state index contributed by atoms with van der Waals surface area (Å²) in [7, 11) is -7.41. The summed E-state index contributed by atoms with van der Waals surface area (Å²) in [6.45, 7) is -1.36. The normalized spacial score (nSPS) is 21.9. The van der Waals surface area contributed by atoms with Crippen molar-refractivity contribution >= 4 is 26.3 Å². The molecule has 32 heavy (non-hydrogen) atoms. The van der Waals surface area contributed by atoms with Gasteiger partial charge in [-0.1, -0.05) is 6.07 Å². The highest BCUT2D eigenvalue weighted by molar-refractivity contribution is 7.93. The lowest BCUT2D eigenvalue weighted by Gasteiger charge is -2.37. The van der Waals surface area contributed by atoms with Crippen molar-refractivity contribution in [2.24, 2.45) is 0 Å². The lowest BCUT2D eigenvalue weighted by Crippen LogP contribution is -2.55. The van der Waals surface area contributed by atoms with Crippen molar-refractivity contribution in [3.63, 3.8) is 0 Å². The van der Waals surface area contributed by atoms with Gasteiger partial charge < -0.3 is 9.47 Å². The molecule has 0 saturated carbocycles. The molecule has 2 fully saturated rings. The Bertz CT molecular complexity index is 1080. The van der Waals surface area contributed by atoms with Gasteiger partial charge in [0.2, 0.25) is 10.0 Å². The molecule has 0 N–H and O–H groups in total. The van der Waals surface area contributed by atoms with Gasteiger partial charge in [-0.25, -0.2) is 8.42 Å². The number of rotatable bonds is 6. The number of benzene rings is 1. The molecule has 0 atom stereocenters. The largest absolute Gasteiger partial charge is 0.435 e. The van der Waals surface area contributed by atoms with Crippen LogP contribution in [-0.4, -0.2) is 88.8 Å². The fourth-order valence-corrected chi connectivity index (χ4v) is 7.24. The number of allylic oxidation sites excluding steroid dienone is 1. The van der Waals surface area contributed by atoms with Gasteiger partial charge in [-0.05, 0) is 42.2 Å². The van der Waals surface area contributed by atoms with Crippen molar-refractivity contribution in [3.8, 4) is 5.75 Å². The van der Waals surface area contributed by atoms with E-state index in [-0.39, 0.29) is 56.3 Å². The molecule has 0 unspecified atom stereocenters. The molecule has 3 aliphatic rings. The van der Waals surface area contributed by atoms with Crippen LogP contribution in [0.2, 0.25) is 0 Å². The van der Waals surface area contributed by atoms with Crippen LogP contribution >= 0.6 is 0 Å². The number of halogens is 2. The third-order valence-corrected chi connectivity index (χ3v) is 9.85. The minimum atomic E-state index is -3.76. The second-order valence-electron chi connectivity index (χ2n) is 7.67. The number of aryl methyl sites for hydroxylation is 1. The average molecular weight is 494 g/mol. The maximum Gasteiger partial charge on any atom is 0.387 e. The molecule has 9 nitrogen and oxygen atoms in total. The highest BCUT2D eigenvalue weighted by Crippen LogP contribution is 2.32. The quantitative estimate of drug-likeness (QED) is 0.589. The van der Waals surface area contributed by atoms with E-state index in [1.54, 1.807) is 12.1 Å².